The highest BCUT2D eigenvalue weighted by atomic mass is 16.5. The summed E-state index contributed by atoms with van der Waals surface area (Å²) in [6, 6.07) is 21.1. The minimum Gasteiger partial charge on any atom is -0.378 e. The second-order valence-corrected chi connectivity index (χ2v) is 6.87. The van der Waals surface area contributed by atoms with Crippen LogP contribution in [0.1, 0.15) is 17.0 Å². The molecule has 0 aliphatic carbocycles. The molecule has 3 aromatic rings. The van der Waals surface area contributed by atoms with Crippen LogP contribution in [-0.2, 0) is 4.74 Å². The van der Waals surface area contributed by atoms with Crippen LogP contribution in [0.2, 0.25) is 0 Å². The number of hydrogen-bond acceptors (Lipinski definition) is 3. The van der Waals surface area contributed by atoms with Gasteiger partial charge in [-0.25, -0.2) is 0 Å². The molecule has 0 N–H and O–H groups in total. The van der Waals surface area contributed by atoms with Crippen LogP contribution in [0.3, 0.4) is 0 Å². The molecule has 0 bridgehead atoms. The average Bonchev–Trinajstić information content (AvgIpc) is 3.01. The van der Waals surface area contributed by atoms with E-state index in [0.717, 1.165) is 37.6 Å². The van der Waals surface area contributed by atoms with E-state index in [1.165, 1.54) is 22.8 Å². The number of aryl methyl sites for hydroxylation is 1. The molecule has 2 heterocycles. The van der Waals surface area contributed by atoms with Crippen LogP contribution in [-0.4, -0.2) is 37.1 Å². The van der Waals surface area contributed by atoms with Gasteiger partial charge in [0.2, 0.25) is 0 Å². The zero-order valence-electron chi connectivity index (χ0n) is 15.9. The predicted molar refractivity (Wildman–Crippen MR) is 112 cm³/mol. The number of hydrogen-bond donors (Lipinski definition) is 0. The van der Waals surface area contributed by atoms with Crippen molar-refractivity contribution in [3.05, 3.63) is 77.6 Å². The van der Waals surface area contributed by atoms with Gasteiger partial charge in [0.1, 0.15) is 0 Å². The van der Waals surface area contributed by atoms with E-state index in [1.807, 2.05) is 12.3 Å². The number of morpholine rings is 1. The second kappa shape index (κ2) is 7.80. The number of benzene rings is 2. The lowest BCUT2D eigenvalue weighted by Gasteiger charge is -2.28. The number of ether oxygens (including phenoxy) is 1. The van der Waals surface area contributed by atoms with Crippen LogP contribution in [0.4, 0.5) is 11.4 Å². The Morgan fingerprint density at radius 3 is 2.30 bits per heavy atom. The molecule has 1 saturated heterocycles. The summed E-state index contributed by atoms with van der Waals surface area (Å²) in [7, 11) is 0. The highest BCUT2D eigenvalue weighted by molar-refractivity contribution is 5.84. The van der Waals surface area contributed by atoms with E-state index in [2.05, 4.69) is 77.9 Å². The van der Waals surface area contributed by atoms with E-state index in [0.29, 0.717) is 0 Å². The molecule has 4 heteroatoms. The average molecular weight is 359 g/mol. The number of aromatic nitrogens is 1. The van der Waals surface area contributed by atoms with Crippen molar-refractivity contribution in [2.75, 3.05) is 31.2 Å². The summed E-state index contributed by atoms with van der Waals surface area (Å²) in [6.07, 6.45) is 1.96. The molecule has 2 aromatic carbocycles. The van der Waals surface area contributed by atoms with Gasteiger partial charge in [-0.15, -0.1) is 0 Å². The number of anilines is 1. The topological polar surface area (TPSA) is 29.8 Å². The van der Waals surface area contributed by atoms with Gasteiger partial charge in [-0.3, -0.25) is 4.99 Å². The van der Waals surface area contributed by atoms with Crippen molar-refractivity contribution in [2.24, 2.45) is 4.99 Å². The van der Waals surface area contributed by atoms with Crippen LogP contribution in [0, 0.1) is 13.8 Å². The maximum Gasteiger partial charge on any atom is 0.0642 e. The molecule has 138 valence electrons. The van der Waals surface area contributed by atoms with Gasteiger partial charge in [0.15, 0.2) is 0 Å². The van der Waals surface area contributed by atoms with Crippen molar-refractivity contribution < 1.29 is 4.74 Å². The standard InChI is InChI=1S/C23H25N3O/c1-18-16-20(19(2)26(18)23-6-4-3-5-7-23)17-24-21-8-10-22(11-9-21)25-12-14-27-15-13-25/h3-11,16-17H,12-15H2,1-2H3. The van der Waals surface area contributed by atoms with Gasteiger partial charge >= 0.3 is 0 Å². The fourth-order valence-corrected chi connectivity index (χ4v) is 3.61. The van der Waals surface area contributed by atoms with Gasteiger partial charge in [0.25, 0.3) is 0 Å². The van der Waals surface area contributed by atoms with E-state index >= 15 is 0 Å². The van der Waals surface area contributed by atoms with Crippen molar-refractivity contribution in [3.63, 3.8) is 0 Å². The van der Waals surface area contributed by atoms with Crippen LogP contribution < -0.4 is 4.90 Å². The maximum absolute atomic E-state index is 5.42. The Morgan fingerprint density at radius 1 is 0.889 bits per heavy atom. The Kier molecular flexibility index (Phi) is 5.07. The molecule has 27 heavy (non-hydrogen) atoms. The SMILES string of the molecule is Cc1cc(C=Nc2ccc(N3CCOCC3)cc2)c(C)n1-c1ccccc1. The summed E-state index contributed by atoms with van der Waals surface area (Å²) in [4.78, 5) is 7.04. The molecule has 0 atom stereocenters. The van der Waals surface area contributed by atoms with Gasteiger partial charge < -0.3 is 14.2 Å². The van der Waals surface area contributed by atoms with Gasteiger partial charge in [0.05, 0.1) is 18.9 Å². The Labute approximate surface area is 160 Å². The number of rotatable bonds is 4. The van der Waals surface area contributed by atoms with E-state index < -0.39 is 0 Å². The molecule has 1 fully saturated rings. The van der Waals surface area contributed by atoms with Crippen molar-refractivity contribution in [1.29, 1.82) is 0 Å². The lowest BCUT2D eigenvalue weighted by atomic mass is 10.2. The molecule has 0 spiro atoms. The molecule has 1 aromatic heterocycles. The monoisotopic (exact) mass is 359 g/mol. The molecule has 4 rings (SSSR count). The van der Waals surface area contributed by atoms with Gasteiger partial charge in [-0.05, 0) is 56.3 Å². The Hall–Kier alpha value is -2.85. The van der Waals surface area contributed by atoms with Gasteiger partial charge in [-0.1, -0.05) is 18.2 Å². The predicted octanol–water partition coefficient (Wildman–Crippen LogP) is 4.68. The van der Waals surface area contributed by atoms with Gasteiger partial charge in [-0.2, -0.15) is 0 Å². The van der Waals surface area contributed by atoms with Crippen LogP contribution in [0.25, 0.3) is 5.69 Å². The van der Waals surface area contributed by atoms with E-state index in [-0.39, 0.29) is 0 Å². The smallest absolute Gasteiger partial charge is 0.0642 e. The highest BCUT2D eigenvalue weighted by Gasteiger charge is 2.11. The van der Waals surface area contributed by atoms with E-state index in [1.54, 1.807) is 0 Å². The first kappa shape index (κ1) is 17.6. The number of nitrogens with zero attached hydrogens (tertiary/aromatic N) is 3. The molecule has 0 radical (unpaired) electrons. The first-order valence-corrected chi connectivity index (χ1v) is 9.43. The molecule has 1 aliphatic rings. The first-order valence-electron chi connectivity index (χ1n) is 9.43. The highest BCUT2D eigenvalue weighted by Crippen LogP contribution is 2.23. The van der Waals surface area contributed by atoms with Crippen molar-refractivity contribution >= 4 is 17.6 Å². The third-order valence-electron chi connectivity index (χ3n) is 5.06. The normalized spacial score (nSPS) is 14.8. The number of para-hydroxylation sites is 1. The lowest BCUT2D eigenvalue weighted by Crippen LogP contribution is -2.36. The van der Waals surface area contributed by atoms with Crippen LogP contribution in [0.15, 0.2) is 65.7 Å². The van der Waals surface area contributed by atoms with Crippen LogP contribution in [0.5, 0.6) is 0 Å². The van der Waals surface area contributed by atoms with Crippen molar-refractivity contribution in [2.45, 2.75) is 13.8 Å². The molecule has 0 unspecified atom stereocenters. The third kappa shape index (κ3) is 3.81. The Balaban J connectivity index is 1.53. The van der Waals surface area contributed by atoms with E-state index in [4.69, 9.17) is 9.73 Å². The summed E-state index contributed by atoms with van der Waals surface area (Å²) in [6.45, 7) is 7.79. The summed E-state index contributed by atoms with van der Waals surface area (Å²) in [5.74, 6) is 0. The van der Waals surface area contributed by atoms with Gasteiger partial charge in [0, 0.05) is 47.6 Å². The second-order valence-electron chi connectivity index (χ2n) is 6.87. The summed E-state index contributed by atoms with van der Waals surface area (Å²) >= 11 is 0. The summed E-state index contributed by atoms with van der Waals surface area (Å²) in [5, 5.41) is 0. The fourth-order valence-electron chi connectivity index (χ4n) is 3.61. The number of aliphatic imine (C=N–C) groups is 1. The zero-order chi connectivity index (χ0) is 18.6. The first-order chi connectivity index (χ1) is 13.2. The molecule has 0 saturated carbocycles. The van der Waals surface area contributed by atoms with Crippen molar-refractivity contribution in [1.82, 2.24) is 4.57 Å². The molecular formula is C23H25N3O. The van der Waals surface area contributed by atoms with E-state index in [9.17, 15) is 0 Å². The maximum atomic E-state index is 5.42. The minimum absolute atomic E-state index is 0.803. The van der Waals surface area contributed by atoms with Crippen LogP contribution >= 0.6 is 0 Å². The summed E-state index contributed by atoms with van der Waals surface area (Å²) < 4.78 is 7.69. The largest absolute Gasteiger partial charge is 0.378 e. The third-order valence-corrected chi connectivity index (χ3v) is 5.06. The molecular weight excluding hydrogens is 334 g/mol. The zero-order valence-corrected chi connectivity index (χ0v) is 15.9. The summed E-state index contributed by atoms with van der Waals surface area (Å²) in [5.41, 5.74) is 6.95. The molecule has 4 nitrogen and oxygen atoms in total. The fraction of sp³-hybridized carbons (Fsp3) is 0.261. The Bertz CT molecular complexity index is 920. The lowest BCUT2D eigenvalue weighted by molar-refractivity contribution is 0.122. The van der Waals surface area contributed by atoms with Crippen molar-refractivity contribution in [3.8, 4) is 5.69 Å². The minimum atomic E-state index is 0.803. The quantitative estimate of drug-likeness (QED) is 0.633. The molecule has 0 amide bonds. The molecule has 1 aliphatic heterocycles. The Morgan fingerprint density at radius 2 is 1.59 bits per heavy atom.